The monoisotopic (exact) mass is 512 g/mol. The van der Waals surface area contributed by atoms with Crippen molar-refractivity contribution in [1.29, 1.82) is 0 Å². The Labute approximate surface area is 211 Å². The van der Waals surface area contributed by atoms with Crippen molar-refractivity contribution in [3.05, 3.63) is 89.3 Å². The normalized spacial score (nSPS) is 11.9. The maximum Gasteiger partial charge on any atom is 0.183 e. The van der Waals surface area contributed by atoms with Crippen LogP contribution in [0.3, 0.4) is 0 Å². The predicted octanol–water partition coefficient (Wildman–Crippen LogP) is 6.63. The Bertz CT molecular complexity index is 1280. The number of rotatable bonds is 10. The van der Waals surface area contributed by atoms with Gasteiger partial charge in [0.25, 0.3) is 0 Å². The summed E-state index contributed by atoms with van der Waals surface area (Å²) in [5, 5.41) is 4.63. The molecule has 2 N–H and O–H groups in total. The SMILES string of the molecule is Cc1nc(NCCCCc2ccccc2)sc1-c1cnc(Cl)c(N[SH](C)(=O)c2ccccc2)c1. The molecule has 178 valence electrons. The highest BCUT2D eigenvalue weighted by Crippen LogP contribution is 2.36. The number of benzene rings is 2. The average Bonchev–Trinajstić information content (AvgIpc) is 3.21. The van der Waals surface area contributed by atoms with Crippen LogP contribution in [0.15, 0.2) is 77.8 Å². The lowest BCUT2D eigenvalue weighted by atomic mass is 10.1. The van der Waals surface area contributed by atoms with Crippen LogP contribution in [0.4, 0.5) is 10.8 Å². The van der Waals surface area contributed by atoms with E-state index in [1.54, 1.807) is 23.8 Å². The van der Waals surface area contributed by atoms with E-state index >= 15 is 0 Å². The highest BCUT2D eigenvalue weighted by Gasteiger charge is 2.16. The highest BCUT2D eigenvalue weighted by atomic mass is 35.5. The second-order valence-electron chi connectivity index (χ2n) is 8.24. The number of nitrogens with one attached hydrogen (secondary N) is 2. The van der Waals surface area contributed by atoms with E-state index in [0.717, 1.165) is 52.0 Å². The van der Waals surface area contributed by atoms with Crippen LogP contribution >= 0.6 is 22.9 Å². The van der Waals surface area contributed by atoms with E-state index in [0.29, 0.717) is 10.8 Å². The smallest absolute Gasteiger partial charge is 0.183 e. The number of thiol groups is 1. The molecule has 2 heterocycles. The molecule has 4 rings (SSSR count). The third-order valence-electron chi connectivity index (χ3n) is 5.49. The van der Waals surface area contributed by atoms with Crippen molar-refractivity contribution in [2.24, 2.45) is 0 Å². The molecule has 8 heteroatoms. The van der Waals surface area contributed by atoms with Crippen LogP contribution in [0.25, 0.3) is 10.4 Å². The maximum absolute atomic E-state index is 13.3. The zero-order valence-corrected chi connectivity index (χ0v) is 21.8. The van der Waals surface area contributed by atoms with Crippen molar-refractivity contribution in [2.75, 3.05) is 22.8 Å². The van der Waals surface area contributed by atoms with Gasteiger partial charge in [0.05, 0.1) is 16.3 Å². The number of hydrogen-bond acceptors (Lipinski definition) is 5. The second kappa shape index (κ2) is 11.1. The molecular formula is C26H29ClN4OS2. The van der Waals surface area contributed by atoms with Gasteiger partial charge in [0.1, 0.15) is 0 Å². The minimum atomic E-state index is -2.85. The number of halogens is 1. The van der Waals surface area contributed by atoms with E-state index in [9.17, 15) is 4.21 Å². The standard InChI is InChI=1S/C26H29ClN4OS2/c1-19-24(33-26(30-19)28-16-10-9-13-20-11-5-3-6-12-20)21-17-23(25(27)29-18-21)31-34(2,32)22-14-7-4-8-15-22/h3-8,11-12,14-15,17-18,34H,9-10,13,16H2,1-2H3,(H,28,30)(H,31,32). The zero-order valence-electron chi connectivity index (χ0n) is 19.3. The van der Waals surface area contributed by atoms with E-state index in [-0.39, 0.29) is 0 Å². The van der Waals surface area contributed by atoms with E-state index in [2.05, 4.69) is 44.3 Å². The van der Waals surface area contributed by atoms with Gasteiger partial charge in [-0.3, -0.25) is 4.21 Å². The van der Waals surface area contributed by atoms with Crippen LogP contribution in [0.1, 0.15) is 24.1 Å². The van der Waals surface area contributed by atoms with Gasteiger partial charge in [0.2, 0.25) is 0 Å². The minimum Gasteiger partial charge on any atom is -0.361 e. The lowest BCUT2D eigenvalue weighted by Gasteiger charge is -2.23. The van der Waals surface area contributed by atoms with Crippen molar-refractivity contribution < 1.29 is 4.21 Å². The fraction of sp³-hybridized carbons (Fsp3) is 0.231. The number of aryl methyl sites for hydroxylation is 2. The molecule has 0 aliphatic heterocycles. The fourth-order valence-electron chi connectivity index (χ4n) is 3.69. The van der Waals surface area contributed by atoms with Gasteiger partial charge >= 0.3 is 0 Å². The van der Waals surface area contributed by atoms with E-state index < -0.39 is 10.1 Å². The third kappa shape index (κ3) is 6.23. The molecule has 2 aromatic heterocycles. The Morgan fingerprint density at radius 1 is 1.03 bits per heavy atom. The van der Waals surface area contributed by atoms with Gasteiger partial charge in [0.15, 0.2) is 10.3 Å². The number of aromatic nitrogens is 2. The Hall–Kier alpha value is -2.74. The zero-order chi connectivity index (χ0) is 24.0. The summed E-state index contributed by atoms with van der Waals surface area (Å²) in [6.45, 7) is 2.86. The maximum atomic E-state index is 13.3. The molecule has 0 saturated heterocycles. The van der Waals surface area contributed by atoms with Gasteiger partial charge in [-0.15, -0.1) is 0 Å². The molecule has 0 unspecified atom stereocenters. The number of unbranched alkanes of at least 4 members (excludes halogenated alkanes) is 1. The van der Waals surface area contributed by atoms with Crippen LogP contribution in [0.5, 0.6) is 0 Å². The fourth-order valence-corrected chi connectivity index (χ4v) is 6.38. The van der Waals surface area contributed by atoms with Crippen molar-refractivity contribution in [2.45, 2.75) is 31.1 Å². The molecule has 34 heavy (non-hydrogen) atoms. The molecule has 0 fully saturated rings. The average molecular weight is 513 g/mol. The van der Waals surface area contributed by atoms with E-state index in [1.165, 1.54) is 5.56 Å². The largest absolute Gasteiger partial charge is 0.361 e. The van der Waals surface area contributed by atoms with Crippen LogP contribution in [0, 0.1) is 6.92 Å². The molecule has 0 amide bonds. The van der Waals surface area contributed by atoms with Gasteiger partial charge in [-0.25, -0.2) is 9.97 Å². The quantitative estimate of drug-likeness (QED) is 0.127. The number of pyridine rings is 1. The van der Waals surface area contributed by atoms with Crippen LogP contribution < -0.4 is 10.0 Å². The van der Waals surface area contributed by atoms with Crippen molar-refractivity contribution >= 4 is 43.9 Å². The van der Waals surface area contributed by atoms with Crippen LogP contribution in [0.2, 0.25) is 5.15 Å². The topological polar surface area (TPSA) is 66.9 Å². The number of nitrogens with zero attached hydrogens (tertiary/aromatic N) is 2. The van der Waals surface area contributed by atoms with Crippen molar-refractivity contribution in [3.8, 4) is 10.4 Å². The molecule has 0 saturated carbocycles. The van der Waals surface area contributed by atoms with Crippen molar-refractivity contribution in [3.63, 3.8) is 0 Å². The third-order valence-corrected chi connectivity index (χ3v) is 8.91. The molecule has 0 atom stereocenters. The van der Waals surface area contributed by atoms with Crippen LogP contribution in [-0.4, -0.2) is 27.0 Å². The summed E-state index contributed by atoms with van der Waals surface area (Å²) < 4.78 is 16.4. The first-order valence-electron chi connectivity index (χ1n) is 11.2. The lowest BCUT2D eigenvalue weighted by Crippen LogP contribution is -2.21. The number of thiazole rings is 1. The summed E-state index contributed by atoms with van der Waals surface area (Å²) in [7, 11) is -2.85. The summed E-state index contributed by atoms with van der Waals surface area (Å²) >= 11 is 7.94. The summed E-state index contributed by atoms with van der Waals surface area (Å²) in [5.74, 6) is 0. The first kappa shape index (κ1) is 24.4. The van der Waals surface area contributed by atoms with Gasteiger partial charge in [0, 0.05) is 29.5 Å². The van der Waals surface area contributed by atoms with Crippen LogP contribution in [-0.2, 0) is 16.5 Å². The molecule has 0 spiro atoms. The Balaban J connectivity index is 1.41. The molecule has 0 aliphatic carbocycles. The molecule has 0 aliphatic rings. The second-order valence-corrected chi connectivity index (χ2v) is 12.2. The summed E-state index contributed by atoms with van der Waals surface area (Å²) in [6.07, 6.45) is 6.72. The number of anilines is 2. The van der Waals surface area contributed by atoms with Gasteiger partial charge in [-0.1, -0.05) is 71.5 Å². The number of hydrogen-bond donors (Lipinski definition) is 3. The molecule has 2 aromatic carbocycles. The Kier molecular flexibility index (Phi) is 7.98. The Morgan fingerprint density at radius 2 is 1.74 bits per heavy atom. The first-order valence-corrected chi connectivity index (χ1v) is 14.6. The van der Waals surface area contributed by atoms with E-state index in [1.807, 2.05) is 49.4 Å². The summed E-state index contributed by atoms with van der Waals surface area (Å²) in [4.78, 5) is 10.8. The first-order chi connectivity index (χ1) is 16.4. The molecule has 0 radical (unpaired) electrons. The minimum absolute atomic E-state index is 0.292. The summed E-state index contributed by atoms with van der Waals surface area (Å²) in [5.41, 5.74) is 3.75. The van der Waals surface area contributed by atoms with Gasteiger partial charge < -0.3 is 10.0 Å². The Morgan fingerprint density at radius 3 is 2.47 bits per heavy atom. The molecule has 0 bridgehead atoms. The molecule has 5 nitrogen and oxygen atoms in total. The molecule has 4 aromatic rings. The van der Waals surface area contributed by atoms with Crippen molar-refractivity contribution in [1.82, 2.24) is 9.97 Å². The van der Waals surface area contributed by atoms with E-state index in [4.69, 9.17) is 11.6 Å². The summed E-state index contributed by atoms with van der Waals surface area (Å²) in [6, 6.07) is 21.8. The van der Waals surface area contributed by atoms with Gasteiger partial charge in [-0.05, 0) is 60.1 Å². The van der Waals surface area contributed by atoms with Gasteiger partial charge in [-0.2, -0.15) is 0 Å². The lowest BCUT2D eigenvalue weighted by molar-refractivity contribution is 0.678. The highest BCUT2D eigenvalue weighted by molar-refractivity contribution is 8.03. The molecular weight excluding hydrogens is 484 g/mol. The predicted molar refractivity (Wildman–Crippen MR) is 147 cm³/mol.